The van der Waals surface area contributed by atoms with Crippen molar-refractivity contribution < 1.29 is 13.9 Å². The van der Waals surface area contributed by atoms with Crippen molar-refractivity contribution in [3.05, 3.63) is 29.6 Å². The number of nitrogens with zero attached hydrogens (tertiary/aromatic N) is 1. The summed E-state index contributed by atoms with van der Waals surface area (Å²) in [7, 11) is 1.39. The van der Waals surface area contributed by atoms with Crippen LogP contribution in [0.4, 0.5) is 4.39 Å². The summed E-state index contributed by atoms with van der Waals surface area (Å²) in [5, 5.41) is 0. The number of hydrogen-bond acceptors (Lipinski definition) is 3. The van der Waals surface area contributed by atoms with Crippen LogP contribution in [0, 0.1) is 11.7 Å². The number of ether oxygens (including phenoxy) is 1. The van der Waals surface area contributed by atoms with Gasteiger partial charge in [-0.05, 0) is 43.5 Å². The fourth-order valence-electron chi connectivity index (χ4n) is 2.46. The lowest BCUT2D eigenvalue weighted by Gasteiger charge is -2.17. The van der Waals surface area contributed by atoms with Gasteiger partial charge in [0.15, 0.2) is 11.6 Å². The number of carbonyl (C=O) groups is 1. The Morgan fingerprint density at radius 3 is 3.05 bits per heavy atom. The van der Waals surface area contributed by atoms with E-state index in [4.69, 9.17) is 10.5 Å². The molecule has 104 valence electrons. The monoisotopic (exact) mass is 266 g/mol. The normalized spacial score (nSPS) is 18.7. The van der Waals surface area contributed by atoms with Crippen LogP contribution in [0.2, 0.25) is 0 Å². The van der Waals surface area contributed by atoms with E-state index < -0.39 is 5.82 Å². The molecule has 0 bridgehead atoms. The van der Waals surface area contributed by atoms with E-state index in [1.165, 1.54) is 25.3 Å². The van der Waals surface area contributed by atoms with Gasteiger partial charge in [-0.3, -0.25) is 4.79 Å². The maximum absolute atomic E-state index is 13.3. The fraction of sp³-hybridized carbons (Fsp3) is 0.500. The lowest BCUT2D eigenvalue weighted by atomic mass is 10.1. The molecule has 1 atom stereocenters. The molecule has 1 aliphatic rings. The molecule has 1 fully saturated rings. The second-order valence-electron chi connectivity index (χ2n) is 4.83. The van der Waals surface area contributed by atoms with E-state index in [1.54, 1.807) is 4.90 Å². The first-order chi connectivity index (χ1) is 9.15. The Hall–Kier alpha value is -1.62. The van der Waals surface area contributed by atoms with E-state index in [0.29, 0.717) is 18.0 Å². The lowest BCUT2D eigenvalue weighted by molar-refractivity contribution is 0.0786. The van der Waals surface area contributed by atoms with Crippen LogP contribution < -0.4 is 10.5 Å². The smallest absolute Gasteiger partial charge is 0.254 e. The predicted molar refractivity (Wildman–Crippen MR) is 70.6 cm³/mol. The molecule has 0 aliphatic carbocycles. The van der Waals surface area contributed by atoms with Crippen molar-refractivity contribution in [1.29, 1.82) is 0 Å². The minimum atomic E-state index is -0.457. The third-order valence-corrected chi connectivity index (χ3v) is 3.55. The summed E-state index contributed by atoms with van der Waals surface area (Å²) in [5.74, 6) is 0.0548. The SMILES string of the molecule is COc1cc(C(=O)N2CCC(CCN)C2)ccc1F. The summed E-state index contributed by atoms with van der Waals surface area (Å²) in [6.07, 6.45) is 1.93. The molecule has 1 aromatic rings. The van der Waals surface area contributed by atoms with Gasteiger partial charge >= 0.3 is 0 Å². The number of carbonyl (C=O) groups excluding carboxylic acids is 1. The summed E-state index contributed by atoms with van der Waals surface area (Å²) in [6, 6.07) is 4.21. The second-order valence-corrected chi connectivity index (χ2v) is 4.83. The molecule has 1 saturated heterocycles. The van der Waals surface area contributed by atoms with Crippen molar-refractivity contribution in [1.82, 2.24) is 4.90 Å². The standard InChI is InChI=1S/C14H19FN2O2/c1-19-13-8-11(2-3-12(13)15)14(18)17-7-5-10(9-17)4-6-16/h2-3,8,10H,4-7,9,16H2,1H3. The van der Waals surface area contributed by atoms with Crippen molar-refractivity contribution in [2.24, 2.45) is 11.7 Å². The van der Waals surface area contributed by atoms with Crippen LogP contribution in [0.1, 0.15) is 23.2 Å². The van der Waals surface area contributed by atoms with E-state index in [9.17, 15) is 9.18 Å². The fourth-order valence-corrected chi connectivity index (χ4v) is 2.46. The largest absolute Gasteiger partial charge is 0.494 e. The van der Waals surface area contributed by atoms with Crippen LogP contribution in [0.3, 0.4) is 0 Å². The highest BCUT2D eigenvalue weighted by molar-refractivity contribution is 5.94. The van der Waals surface area contributed by atoms with Crippen LogP contribution in [0.15, 0.2) is 18.2 Å². The molecule has 1 aliphatic heterocycles. The molecule has 1 aromatic carbocycles. The quantitative estimate of drug-likeness (QED) is 0.901. The first-order valence-corrected chi connectivity index (χ1v) is 6.48. The number of nitrogens with two attached hydrogens (primary N) is 1. The highest BCUT2D eigenvalue weighted by atomic mass is 19.1. The van der Waals surface area contributed by atoms with Crippen molar-refractivity contribution in [3.8, 4) is 5.75 Å². The van der Waals surface area contributed by atoms with E-state index >= 15 is 0 Å². The van der Waals surface area contributed by atoms with Gasteiger partial charge in [0, 0.05) is 18.7 Å². The number of benzene rings is 1. The van der Waals surface area contributed by atoms with Crippen molar-refractivity contribution in [3.63, 3.8) is 0 Å². The molecule has 1 heterocycles. The molecule has 0 saturated carbocycles. The summed E-state index contributed by atoms with van der Waals surface area (Å²) in [4.78, 5) is 14.1. The highest BCUT2D eigenvalue weighted by Crippen LogP contribution is 2.23. The van der Waals surface area contributed by atoms with Gasteiger partial charge in [0.2, 0.25) is 0 Å². The average Bonchev–Trinajstić information content (AvgIpc) is 2.87. The molecule has 0 spiro atoms. The third kappa shape index (κ3) is 3.04. The molecule has 4 nitrogen and oxygen atoms in total. The minimum Gasteiger partial charge on any atom is -0.494 e. The summed E-state index contributed by atoms with van der Waals surface area (Å²) >= 11 is 0. The van der Waals surface area contributed by atoms with Gasteiger partial charge in [-0.25, -0.2) is 4.39 Å². The van der Waals surface area contributed by atoms with Crippen LogP contribution >= 0.6 is 0 Å². The third-order valence-electron chi connectivity index (χ3n) is 3.55. The van der Waals surface area contributed by atoms with Crippen molar-refractivity contribution >= 4 is 5.91 Å². The van der Waals surface area contributed by atoms with E-state index in [1.807, 2.05) is 0 Å². The molecule has 19 heavy (non-hydrogen) atoms. The van der Waals surface area contributed by atoms with Crippen LogP contribution in [0.25, 0.3) is 0 Å². The minimum absolute atomic E-state index is 0.0715. The maximum atomic E-state index is 13.3. The Balaban J connectivity index is 2.08. The first-order valence-electron chi connectivity index (χ1n) is 6.48. The summed E-state index contributed by atoms with van der Waals surface area (Å²) < 4.78 is 18.2. The van der Waals surface area contributed by atoms with E-state index in [-0.39, 0.29) is 11.7 Å². The van der Waals surface area contributed by atoms with Gasteiger partial charge in [0.25, 0.3) is 5.91 Å². The van der Waals surface area contributed by atoms with Crippen molar-refractivity contribution in [2.45, 2.75) is 12.8 Å². The lowest BCUT2D eigenvalue weighted by Crippen LogP contribution is -2.29. The molecule has 5 heteroatoms. The number of hydrogen-bond donors (Lipinski definition) is 1. The molecular formula is C14H19FN2O2. The summed E-state index contributed by atoms with van der Waals surface area (Å²) in [6.45, 7) is 2.12. The van der Waals surface area contributed by atoms with Gasteiger partial charge < -0.3 is 15.4 Å². The number of rotatable bonds is 4. The first kappa shape index (κ1) is 13.8. The van der Waals surface area contributed by atoms with E-state index in [0.717, 1.165) is 25.9 Å². The molecule has 2 rings (SSSR count). The van der Waals surface area contributed by atoms with Gasteiger partial charge in [0.05, 0.1) is 7.11 Å². The Kier molecular flexibility index (Phi) is 4.37. The van der Waals surface area contributed by atoms with Crippen molar-refractivity contribution in [2.75, 3.05) is 26.7 Å². The van der Waals surface area contributed by atoms with Gasteiger partial charge in [-0.2, -0.15) is 0 Å². The predicted octanol–water partition coefficient (Wildman–Crippen LogP) is 1.65. The number of amides is 1. The van der Waals surface area contributed by atoms with Crippen LogP contribution in [0.5, 0.6) is 5.75 Å². The number of halogens is 1. The zero-order valence-electron chi connectivity index (χ0n) is 11.1. The molecule has 0 radical (unpaired) electrons. The Labute approximate surface area is 112 Å². The number of likely N-dealkylation sites (tertiary alicyclic amines) is 1. The maximum Gasteiger partial charge on any atom is 0.254 e. The Morgan fingerprint density at radius 2 is 2.37 bits per heavy atom. The zero-order chi connectivity index (χ0) is 13.8. The molecule has 1 unspecified atom stereocenters. The average molecular weight is 266 g/mol. The van der Waals surface area contributed by atoms with E-state index in [2.05, 4.69) is 0 Å². The zero-order valence-corrected chi connectivity index (χ0v) is 11.1. The molecule has 2 N–H and O–H groups in total. The van der Waals surface area contributed by atoms with Crippen LogP contribution in [-0.2, 0) is 0 Å². The Bertz CT molecular complexity index is 465. The highest BCUT2D eigenvalue weighted by Gasteiger charge is 2.26. The van der Waals surface area contributed by atoms with Gasteiger partial charge in [0.1, 0.15) is 0 Å². The van der Waals surface area contributed by atoms with Crippen LogP contribution in [-0.4, -0.2) is 37.6 Å². The van der Waals surface area contributed by atoms with Gasteiger partial charge in [-0.15, -0.1) is 0 Å². The topological polar surface area (TPSA) is 55.6 Å². The Morgan fingerprint density at radius 1 is 1.58 bits per heavy atom. The molecular weight excluding hydrogens is 247 g/mol. The molecule has 0 aromatic heterocycles. The molecule has 1 amide bonds. The number of methoxy groups -OCH3 is 1. The van der Waals surface area contributed by atoms with Gasteiger partial charge in [-0.1, -0.05) is 0 Å². The second kappa shape index (κ2) is 6.02. The summed E-state index contributed by atoms with van der Waals surface area (Å²) in [5.41, 5.74) is 6.00.